The zero-order chi connectivity index (χ0) is 10.3. The second kappa shape index (κ2) is 6.90. The summed E-state index contributed by atoms with van der Waals surface area (Å²) in [5.74, 6) is 1.62. The fourth-order valence-electron chi connectivity index (χ4n) is 1.89. The van der Waals surface area contributed by atoms with E-state index in [0.717, 1.165) is 18.9 Å². The minimum atomic E-state index is 0.766. The van der Waals surface area contributed by atoms with Crippen LogP contribution in [0.15, 0.2) is 24.3 Å². The normalized spacial score (nSPS) is 26.9. The molecule has 2 atom stereocenters. The SMILES string of the molecule is C=CCC1CCC(C)=CC1C.CO. The molecule has 13 heavy (non-hydrogen) atoms. The van der Waals surface area contributed by atoms with Crippen LogP contribution in [0.1, 0.15) is 33.1 Å². The summed E-state index contributed by atoms with van der Waals surface area (Å²) in [5.41, 5.74) is 1.57. The van der Waals surface area contributed by atoms with Crippen LogP contribution in [0.2, 0.25) is 0 Å². The summed E-state index contributed by atoms with van der Waals surface area (Å²) in [4.78, 5) is 0. The summed E-state index contributed by atoms with van der Waals surface area (Å²) < 4.78 is 0. The van der Waals surface area contributed by atoms with Crippen LogP contribution in [0.5, 0.6) is 0 Å². The fourth-order valence-corrected chi connectivity index (χ4v) is 1.89. The van der Waals surface area contributed by atoms with Gasteiger partial charge < -0.3 is 5.11 Å². The maximum Gasteiger partial charge on any atom is 0.0319 e. The Bertz CT molecular complexity index is 170. The van der Waals surface area contributed by atoms with Gasteiger partial charge in [-0.15, -0.1) is 6.58 Å². The number of aliphatic hydroxyl groups excluding tert-OH is 1. The van der Waals surface area contributed by atoms with Gasteiger partial charge in [-0.25, -0.2) is 0 Å². The Morgan fingerprint density at radius 3 is 2.69 bits per heavy atom. The summed E-state index contributed by atoms with van der Waals surface area (Å²) in [7, 11) is 1.00. The van der Waals surface area contributed by atoms with Gasteiger partial charge in [0.15, 0.2) is 0 Å². The van der Waals surface area contributed by atoms with Gasteiger partial charge in [0.2, 0.25) is 0 Å². The highest BCUT2D eigenvalue weighted by Crippen LogP contribution is 2.30. The van der Waals surface area contributed by atoms with E-state index in [2.05, 4.69) is 32.6 Å². The van der Waals surface area contributed by atoms with Crippen LogP contribution >= 0.6 is 0 Å². The van der Waals surface area contributed by atoms with Crippen molar-refractivity contribution >= 4 is 0 Å². The van der Waals surface area contributed by atoms with E-state index in [9.17, 15) is 0 Å². The number of allylic oxidation sites excluding steroid dienone is 3. The van der Waals surface area contributed by atoms with E-state index in [1.807, 2.05) is 0 Å². The second-order valence-electron chi connectivity index (χ2n) is 3.70. The zero-order valence-electron chi connectivity index (χ0n) is 9.09. The van der Waals surface area contributed by atoms with E-state index in [0.29, 0.717) is 0 Å². The van der Waals surface area contributed by atoms with Gasteiger partial charge in [0.05, 0.1) is 0 Å². The molecule has 0 heterocycles. The molecule has 0 bridgehead atoms. The summed E-state index contributed by atoms with van der Waals surface area (Å²) in [6.45, 7) is 8.34. The second-order valence-corrected chi connectivity index (χ2v) is 3.70. The number of aliphatic hydroxyl groups is 1. The van der Waals surface area contributed by atoms with E-state index in [1.54, 1.807) is 5.57 Å². The van der Waals surface area contributed by atoms with Crippen molar-refractivity contribution in [2.24, 2.45) is 11.8 Å². The monoisotopic (exact) mass is 182 g/mol. The Morgan fingerprint density at radius 1 is 1.62 bits per heavy atom. The van der Waals surface area contributed by atoms with Gasteiger partial charge >= 0.3 is 0 Å². The first kappa shape index (κ1) is 12.4. The lowest BCUT2D eigenvalue weighted by molar-refractivity contribution is 0.375. The first-order chi connectivity index (χ1) is 6.24. The number of hydrogen-bond donors (Lipinski definition) is 1. The van der Waals surface area contributed by atoms with Crippen molar-refractivity contribution in [1.29, 1.82) is 0 Å². The third kappa shape index (κ3) is 4.28. The number of hydrogen-bond acceptors (Lipinski definition) is 1. The molecule has 1 aliphatic carbocycles. The van der Waals surface area contributed by atoms with E-state index >= 15 is 0 Å². The molecule has 0 saturated carbocycles. The van der Waals surface area contributed by atoms with Crippen molar-refractivity contribution in [3.05, 3.63) is 24.3 Å². The van der Waals surface area contributed by atoms with Crippen LogP contribution in [-0.2, 0) is 0 Å². The topological polar surface area (TPSA) is 20.2 Å². The van der Waals surface area contributed by atoms with Crippen molar-refractivity contribution in [2.45, 2.75) is 33.1 Å². The smallest absolute Gasteiger partial charge is 0.0319 e. The van der Waals surface area contributed by atoms with E-state index in [-0.39, 0.29) is 0 Å². The molecule has 0 fully saturated rings. The van der Waals surface area contributed by atoms with Crippen molar-refractivity contribution < 1.29 is 5.11 Å². The molecule has 0 aromatic carbocycles. The minimum Gasteiger partial charge on any atom is -0.400 e. The van der Waals surface area contributed by atoms with Gasteiger partial charge in [-0.3, -0.25) is 0 Å². The van der Waals surface area contributed by atoms with Crippen LogP contribution in [-0.4, -0.2) is 12.2 Å². The molecule has 0 aromatic heterocycles. The molecule has 0 aromatic rings. The van der Waals surface area contributed by atoms with Crippen molar-refractivity contribution in [3.63, 3.8) is 0 Å². The Balaban J connectivity index is 0.000000671. The van der Waals surface area contributed by atoms with Crippen LogP contribution < -0.4 is 0 Å². The summed E-state index contributed by atoms with van der Waals surface area (Å²) in [6.07, 6.45) is 8.30. The molecule has 76 valence electrons. The van der Waals surface area contributed by atoms with Crippen LogP contribution in [0.4, 0.5) is 0 Å². The molecule has 1 N–H and O–H groups in total. The quantitative estimate of drug-likeness (QED) is 0.650. The first-order valence-electron chi connectivity index (χ1n) is 4.97. The Morgan fingerprint density at radius 2 is 2.23 bits per heavy atom. The molecule has 0 radical (unpaired) electrons. The molecule has 0 aliphatic heterocycles. The highest BCUT2D eigenvalue weighted by molar-refractivity contribution is 5.06. The molecule has 0 amide bonds. The largest absolute Gasteiger partial charge is 0.400 e. The average Bonchev–Trinajstić information content (AvgIpc) is 2.14. The highest BCUT2D eigenvalue weighted by atomic mass is 16.2. The lowest BCUT2D eigenvalue weighted by Gasteiger charge is -2.25. The van der Waals surface area contributed by atoms with Gasteiger partial charge in [-0.05, 0) is 38.0 Å². The van der Waals surface area contributed by atoms with Gasteiger partial charge in [-0.2, -0.15) is 0 Å². The van der Waals surface area contributed by atoms with Crippen LogP contribution in [0.25, 0.3) is 0 Å². The summed E-state index contributed by atoms with van der Waals surface area (Å²) in [5, 5.41) is 7.00. The Hall–Kier alpha value is -0.560. The van der Waals surface area contributed by atoms with E-state index in [4.69, 9.17) is 5.11 Å². The predicted octanol–water partition coefficient (Wildman–Crippen LogP) is 3.16. The summed E-state index contributed by atoms with van der Waals surface area (Å²) >= 11 is 0. The molecule has 0 saturated heterocycles. The summed E-state index contributed by atoms with van der Waals surface area (Å²) in [6, 6.07) is 0. The molecule has 1 heteroatoms. The van der Waals surface area contributed by atoms with E-state index in [1.165, 1.54) is 19.3 Å². The highest BCUT2D eigenvalue weighted by Gasteiger charge is 2.17. The maximum absolute atomic E-state index is 7.00. The van der Waals surface area contributed by atoms with Gasteiger partial charge in [-0.1, -0.05) is 24.6 Å². The van der Waals surface area contributed by atoms with Crippen molar-refractivity contribution in [1.82, 2.24) is 0 Å². The number of rotatable bonds is 2. The molecule has 0 spiro atoms. The lowest BCUT2D eigenvalue weighted by Crippen LogP contribution is -2.13. The van der Waals surface area contributed by atoms with Gasteiger partial charge in [0, 0.05) is 7.11 Å². The molecule has 1 rings (SSSR count). The average molecular weight is 182 g/mol. The lowest BCUT2D eigenvalue weighted by atomic mass is 9.80. The van der Waals surface area contributed by atoms with Gasteiger partial charge in [0.25, 0.3) is 0 Å². The maximum atomic E-state index is 7.00. The first-order valence-corrected chi connectivity index (χ1v) is 4.97. The van der Waals surface area contributed by atoms with Crippen molar-refractivity contribution in [2.75, 3.05) is 7.11 Å². The Kier molecular flexibility index (Phi) is 6.61. The molecule has 1 aliphatic rings. The Labute approximate surface area is 82.2 Å². The standard InChI is InChI=1S/C11H18.CH4O/c1-4-5-11-7-6-9(2)8-10(11)3;1-2/h4,8,10-11H,1,5-7H2,2-3H3;2H,1H3. The zero-order valence-corrected chi connectivity index (χ0v) is 9.09. The van der Waals surface area contributed by atoms with Gasteiger partial charge in [0.1, 0.15) is 0 Å². The molecule has 2 unspecified atom stereocenters. The van der Waals surface area contributed by atoms with Crippen LogP contribution in [0, 0.1) is 11.8 Å². The fraction of sp³-hybridized carbons (Fsp3) is 0.667. The third-order valence-electron chi connectivity index (χ3n) is 2.67. The molecule has 1 nitrogen and oxygen atoms in total. The van der Waals surface area contributed by atoms with Crippen molar-refractivity contribution in [3.8, 4) is 0 Å². The van der Waals surface area contributed by atoms with Crippen LogP contribution in [0.3, 0.4) is 0 Å². The predicted molar refractivity (Wildman–Crippen MR) is 58.6 cm³/mol. The third-order valence-corrected chi connectivity index (χ3v) is 2.67. The van der Waals surface area contributed by atoms with E-state index < -0.39 is 0 Å². The molecular weight excluding hydrogens is 160 g/mol. The minimum absolute atomic E-state index is 0.766. The molecular formula is C12H22O.